The van der Waals surface area contributed by atoms with Crippen molar-refractivity contribution in [1.29, 1.82) is 0 Å². The van der Waals surface area contributed by atoms with Crippen LogP contribution in [0.4, 0.5) is 13.2 Å². The molecule has 0 aliphatic heterocycles. The van der Waals surface area contributed by atoms with E-state index in [0.29, 0.717) is 13.1 Å². The summed E-state index contributed by atoms with van der Waals surface area (Å²) in [5.74, 6) is 0. The molecule has 132 valence electrons. The Labute approximate surface area is 158 Å². The summed E-state index contributed by atoms with van der Waals surface area (Å²) < 4.78 is 38.7. The molecule has 3 rings (SSSR count). The van der Waals surface area contributed by atoms with E-state index >= 15 is 0 Å². The fraction of sp³-hybridized carbons (Fsp3) is 0.158. The van der Waals surface area contributed by atoms with Crippen LogP contribution in [-0.4, -0.2) is 0 Å². The van der Waals surface area contributed by atoms with Crippen molar-refractivity contribution in [1.82, 2.24) is 5.32 Å². The average molecular weight is 431 g/mol. The maximum atomic E-state index is 12.6. The van der Waals surface area contributed by atoms with Gasteiger partial charge >= 0.3 is 6.18 Å². The van der Waals surface area contributed by atoms with Crippen molar-refractivity contribution in [3.05, 3.63) is 81.8 Å². The summed E-state index contributed by atoms with van der Waals surface area (Å²) in [4.78, 5) is 0. The first-order valence-electron chi connectivity index (χ1n) is 7.48. The SMILES string of the molecule is Cl.FC(F)(F)c1ccc(CNCc2ccc(Br)c3ccccc23)cc1. The normalized spacial score (nSPS) is 11.4. The van der Waals surface area contributed by atoms with Crippen LogP contribution in [0.5, 0.6) is 0 Å². The Balaban J connectivity index is 0.00000225. The van der Waals surface area contributed by atoms with E-state index in [1.165, 1.54) is 12.1 Å². The quantitative estimate of drug-likeness (QED) is 0.510. The lowest BCUT2D eigenvalue weighted by atomic mass is 10.0. The van der Waals surface area contributed by atoms with Gasteiger partial charge in [0.1, 0.15) is 0 Å². The van der Waals surface area contributed by atoms with E-state index in [2.05, 4.69) is 33.4 Å². The highest BCUT2D eigenvalue weighted by Gasteiger charge is 2.29. The Bertz CT molecular complexity index is 847. The van der Waals surface area contributed by atoms with Gasteiger partial charge in [0.15, 0.2) is 0 Å². The van der Waals surface area contributed by atoms with Gasteiger partial charge in [-0.25, -0.2) is 0 Å². The van der Waals surface area contributed by atoms with E-state index in [9.17, 15) is 13.2 Å². The third-order valence-electron chi connectivity index (χ3n) is 3.89. The van der Waals surface area contributed by atoms with Crippen LogP contribution in [0.1, 0.15) is 16.7 Å². The van der Waals surface area contributed by atoms with E-state index in [1.54, 1.807) is 0 Å². The smallest absolute Gasteiger partial charge is 0.309 e. The first kappa shape index (κ1) is 19.8. The van der Waals surface area contributed by atoms with Gasteiger partial charge in [-0.15, -0.1) is 12.4 Å². The molecule has 0 atom stereocenters. The molecule has 0 bridgehead atoms. The van der Waals surface area contributed by atoms with Gasteiger partial charge in [-0.2, -0.15) is 13.2 Å². The zero-order valence-corrected chi connectivity index (χ0v) is 15.5. The second kappa shape index (κ2) is 8.21. The molecule has 0 heterocycles. The third kappa shape index (κ3) is 4.75. The van der Waals surface area contributed by atoms with Gasteiger partial charge in [-0.3, -0.25) is 0 Å². The lowest BCUT2D eigenvalue weighted by Crippen LogP contribution is -2.13. The van der Waals surface area contributed by atoms with E-state index in [0.717, 1.165) is 38.5 Å². The van der Waals surface area contributed by atoms with E-state index in [-0.39, 0.29) is 12.4 Å². The number of benzene rings is 3. The predicted molar refractivity (Wildman–Crippen MR) is 101 cm³/mol. The fourth-order valence-electron chi connectivity index (χ4n) is 2.63. The van der Waals surface area contributed by atoms with Gasteiger partial charge in [-0.05, 0) is 40.1 Å². The van der Waals surface area contributed by atoms with Gasteiger partial charge < -0.3 is 5.32 Å². The van der Waals surface area contributed by atoms with Crippen LogP contribution in [0.3, 0.4) is 0 Å². The summed E-state index contributed by atoms with van der Waals surface area (Å²) in [6.45, 7) is 1.16. The van der Waals surface area contributed by atoms with Gasteiger partial charge in [0, 0.05) is 17.6 Å². The minimum Gasteiger partial charge on any atom is -0.309 e. The van der Waals surface area contributed by atoms with Crippen LogP contribution in [0, 0.1) is 0 Å². The minimum atomic E-state index is -4.29. The zero-order chi connectivity index (χ0) is 17.2. The van der Waals surface area contributed by atoms with E-state index in [1.807, 2.05) is 24.3 Å². The van der Waals surface area contributed by atoms with Crippen LogP contribution in [0.15, 0.2) is 65.1 Å². The van der Waals surface area contributed by atoms with Crippen molar-refractivity contribution in [2.75, 3.05) is 0 Å². The maximum Gasteiger partial charge on any atom is 0.416 e. The minimum absolute atomic E-state index is 0. The van der Waals surface area contributed by atoms with Crippen molar-refractivity contribution in [3.63, 3.8) is 0 Å². The number of alkyl halides is 3. The Hall–Kier alpha value is -1.56. The summed E-state index contributed by atoms with van der Waals surface area (Å²) in [7, 11) is 0. The van der Waals surface area contributed by atoms with Crippen LogP contribution in [0.2, 0.25) is 0 Å². The molecule has 1 nitrogen and oxygen atoms in total. The summed E-state index contributed by atoms with van der Waals surface area (Å²) >= 11 is 3.55. The Morgan fingerprint density at radius 1 is 0.800 bits per heavy atom. The molecule has 0 saturated heterocycles. The molecule has 0 aromatic heterocycles. The molecule has 0 aliphatic rings. The highest BCUT2D eigenvalue weighted by molar-refractivity contribution is 9.10. The van der Waals surface area contributed by atoms with Crippen molar-refractivity contribution < 1.29 is 13.2 Å². The van der Waals surface area contributed by atoms with Gasteiger partial charge in [-0.1, -0.05) is 58.4 Å². The molecule has 0 aliphatic carbocycles. The largest absolute Gasteiger partial charge is 0.416 e. The predicted octanol–water partition coefficient (Wildman–Crippen LogP) is 6.33. The zero-order valence-electron chi connectivity index (χ0n) is 13.1. The van der Waals surface area contributed by atoms with Crippen molar-refractivity contribution in [2.24, 2.45) is 0 Å². The lowest BCUT2D eigenvalue weighted by Gasteiger charge is -2.11. The van der Waals surface area contributed by atoms with Gasteiger partial charge in [0.25, 0.3) is 0 Å². The highest BCUT2D eigenvalue weighted by Crippen LogP contribution is 2.29. The van der Waals surface area contributed by atoms with Crippen molar-refractivity contribution >= 4 is 39.1 Å². The number of nitrogens with one attached hydrogen (secondary N) is 1. The summed E-state index contributed by atoms with van der Waals surface area (Å²) in [6.07, 6.45) is -4.29. The van der Waals surface area contributed by atoms with E-state index in [4.69, 9.17) is 0 Å². The second-order valence-corrected chi connectivity index (χ2v) is 6.40. The monoisotopic (exact) mass is 429 g/mol. The molecule has 0 unspecified atom stereocenters. The highest BCUT2D eigenvalue weighted by atomic mass is 79.9. The average Bonchev–Trinajstić information content (AvgIpc) is 2.57. The molecule has 6 heteroatoms. The Morgan fingerprint density at radius 2 is 1.44 bits per heavy atom. The number of rotatable bonds is 4. The topological polar surface area (TPSA) is 12.0 Å². The number of fused-ring (bicyclic) bond motifs is 1. The summed E-state index contributed by atoms with van der Waals surface area (Å²) in [6, 6.07) is 17.4. The molecule has 3 aromatic carbocycles. The second-order valence-electron chi connectivity index (χ2n) is 5.55. The van der Waals surface area contributed by atoms with Gasteiger partial charge in [0.05, 0.1) is 5.56 Å². The molecule has 0 radical (unpaired) electrons. The van der Waals surface area contributed by atoms with Crippen molar-refractivity contribution in [3.8, 4) is 0 Å². The Kier molecular flexibility index (Phi) is 6.49. The Morgan fingerprint density at radius 3 is 2.08 bits per heavy atom. The molecule has 0 spiro atoms. The van der Waals surface area contributed by atoms with Crippen LogP contribution >= 0.6 is 28.3 Å². The number of hydrogen-bond acceptors (Lipinski definition) is 1. The van der Waals surface area contributed by atoms with Crippen LogP contribution in [0.25, 0.3) is 10.8 Å². The third-order valence-corrected chi connectivity index (χ3v) is 4.58. The molecule has 0 fully saturated rings. The molecule has 0 saturated carbocycles. The number of hydrogen-bond donors (Lipinski definition) is 1. The number of halogens is 5. The molecule has 25 heavy (non-hydrogen) atoms. The van der Waals surface area contributed by atoms with Crippen LogP contribution in [-0.2, 0) is 19.3 Å². The molecule has 0 amide bonds. The standard InChI is InChI=1S/C19H15BrF3N.ClH/c20-18-10-7-14(16-3-1-2-4-17(16)18)12-24-11-13-5-8-15(9-6-13)19(21,22)23;/h1-10,24H,11-12H2;1H. The maximum absolute atomic E-state index is 12.6. The fourth-order valence-corrected chi connectivity index (χ4v) is 3.11. The van der Waals surface area contributed by atoms with Gasteiger partial charge in [0.2, 0.25) is 0 Å². The molecule has 1 N–H and O–H groups in total. The first-order chi connectivity index (χ1) is 11.4. The van der Waals surface area contributed by atoms with Crippen molar-refractivity contribution in [2.45, 2.75) is 19.3 Å². The summed E-state index contributed by atoms with van der Waals surface area (Å²) in [5.41, 5.74) is 1.36. The first-order valence-corrected chi connectivity index (χ1v) is 8.27. The van der Waals surface area contributed by atoms with Crippen LogP contribution < -0.4 is 5.32 Å². The molecule has 3 aromatic rings. The summed E-state index contributed by atoms with van der Waals surface area (Å²) in [5, 5.41) is 5.60. The van der Waals surface area contributed by atoms with E-state index < -0.39 is 11.7 Å². The lowest BCUT2D eigenvalue weighted by molar-refractivity contribution is -0.137. The molecular weight excluding hydrogens is 415 g/mol. The molecular formula is C19H16BrClF3N.